The molecular weight excluding hydrogens is 258 g/mol. The fourth-order valence-corrected chi connectivity index (χ4v) is 2.64. The Kier molecular flexibility index (Phi) is 4.60. The van der Waals surface area contributed by atoms with Crippen LogP contribution >= 0.6 is 0 Å². The Balaban J connectivity index is 2.17. The highest BCUT2D eigenvalue weighted by Crippen LogP contribution is 2.32. The first-order valence-corrected chi connectivity index (χ1v) is 7.02. The summed E-state index contributed by atoms with van der Waals surface area (Å²) in [5.74, 6) is -0.341. The summed E-state index contributed by atoms with van der Waals surface area (Å²) in [6.07, 6.45) is 3.61. The van der Waals surface area contributed by atoms with Crippen LogP contribution in [0.25, 0.3) is 0 Å². The topological polar surface area (TPSA) is 55.8 Å². The lowest BCUT2D eigenvalue weighted by Gasteiger charge is -2.26. The Morgan fingerprint density at radius 2 is 2.20 bits per heavy atom. The second-order valence-corrected chi connectivity index (χ2v) is 5.07. The summed E-state index contributed by atoms with van der Waals surface area (Å²) in [5.41, 5.74) is 2.02. The zero-order valence-electron chi connectivity index (χ0n) is 12.2. The molecule has 5 heteroatoms. The van der Waals surface area contributed by atoms with E-state index >= 15 is 0 Å². The fourth-order valence-electron chi connectivity index (χ4n) is 2.64. The Labute approximate surface area is 119 Å². The minimum atomic E-state index is -0.764. The van der Waals surface area contributed by atoms with Gasteiger partial charge in [-0.25, -0.2) is 4.79 Å². The van der Waals surface area contributed by atoms with Crippen molar-refractivity contribution in [1.29, 1.82) is 0 Å². The smallest absolute Gasteiger partial charge is 0.356 e. The van der Waals surface area contributed by atoms with E-state index in [-0.39, 0.29) is 11.7 Å². The lowest BCUT2D eigenvalue weighted by molar-refractivity contribution is -0.167. The summed E-state index contributed by atoms with van der Waals surface area (Å²) >= 11 is 0. The van der Waals surface area contributed by atoms with E-state index in [1.165, 1.54) is 0 Å². The molecule has 2 atom stereocenters. The molecule has 0 aromatic carbocycles. The monoisotopic (exact) mass is 279 g/mol. The predicted octanol–water partition coefficient (Wildman–Crippen LogP) is 1.65. The van der Waals surface area contributed by atoms with Crippen molar-refractivity contribution in [3.63, 3.8) is 0 Å². The molecular formula is C15H21NO4. The summed E-state index contributed by atoms with van der Waals surface area (Å²) in [6, 6.07) is 0. The average molecular weight is 279 g/mol. The average Bonchev–Trinajstić information content (AvgIpc) is 2.79. The summed E-state index contributed by atoms with van der Waals surface area (Å²) in [6.45, 7) is 6.76. The molecule has 0 fully saturated rings. The van der Waals surface area contributed by atoms with Crippen molar-refractivity contribution < 1.29 is 19.1 Å². The van der Waals surface area contributed by atoms with Gasteiger partial charge in [-0.05, 0) is 26.3 Å². The zero-order valence-corrected chi connectivity index (χ0v) is 12.2. The van der Waals surface area contributed by atoms with Crippen LogP contribution in [0.4, 0.5) is 0 Å². The third-order valence-electron chi connectivity index (χ3n) is 3.48. The number of fused-ring (bicyclic) bond motifs is 1. The fraction of sp³-hybridized carbons (Fsp3) is 0.600. The zero-order chi connectivity index (χ0) is 14.7. The first-order chi connectivity index (χ1) is 9.56. The molecule has 2 rings (SSSR count). The van der Waals surface area contributed by atoms with Crippen LogP contribution < -0.4 is 0 Å². The molecule has 0 spiro atoms. The standard InChI is InChI=1S/C15H21NO4/c1-4-19-14(15(18)20-5-2)16-8-11-6-10(3)7-13(17)12(11)9-16/h6,8,12,14H,4-5,7,9H2,1-3H3. The van der Waals surface area contributed by atoms with E-state index in [0.29, 0.717) is 26.2 Å². The Morgan fingerprint density at radius 3 is 2.85 bits per heavy atom. The largest absolute Gasteiger partial charge is 0.463 e. The minimum Gasteiger partial charge on any atom is -0.463 e. The molecule has 20 heavy (non-hydrogen) atoms. The second kappa shape index (κ2) is 6.22. The van der Waals surface area contributed by atoms with Crippen LogP contribution in [0.2, 0.25) is 0 Å². The molecule has 5 nitrogen and oxygen atoms in total. The van der Waals surface area contributed by atoms with Gasteiger partial charge in [0.05, 0.1) is 12.5 Å². The number of hydrogen-bond acceptors (Lipinski definition) is 5. The molecule has 1 aliphatic heterocycles. The molecule has 0 aromatic heterocycles. The second-order valence-electron chi connectivity index (χ2n) is 5.07. The van der Waals surface area contributed by atoms with E-state index < -0.39 is 12.2 Å². The van der Waals surface area contributed by atoms with Gasteiger partial charge in [0.2, 0.25) is 6.23 Å². The van der Waals surface area contributed by atoms with E-state index in [1.807, 2.05) is 26.1 Å². The van der Waals surface area contributed by atoms with Crippen LogP contribution in [-0.2, 0) is 19.1 Å². The Bertz CT molecular complexity index is 466. The van der Waals surface area contributed by atoms with Crippen molar-refractivity contribution in [3.8, 4) is 0 Å². The van der Waals surface area contributed by atoms with Gasteiger partial charge in [0.1, 0.15) is 5.78 Å². The molecule has 0 aromatic rings. The lowest BCUT2D eigenvalue weighted by atomic mass is 9.87. The van der Waals surface area contributed by atoms with Crippen molar-refractivity contribution in [3.05, 3.63) is 23.4 Å². The van der Waals surface area contributed by atoms with Crippen molar-refractivity contribution in [2.75, 3.05) is 19.8 Å². The number of carbonyl (C=O) groups excluding carboxylic acids is 2. The van der Waals surface area contributed by atoms with Gasteiger partial charge < -0.3 is 14.4 Å². The third-order valence-corrected chi connectivity index (χ3v) is 3.48. The van der Waals surface area contributed by atoms with Crippen molar-refractivity contribution >= 4 is 11.8 Å². The molecule has 1 aliphatic carbocycles. The molecule has 0 saturated carbocycles. The summed E-state index contributed by atoms with van der Waals surface area (Å²) in [4.78, 5) is 25.8. The Morgan fingerprint density at radius 1 is 1.45 bits per heavy atom. The maximum absolute atomic E-state index is 12.0. The number of esters is 1. The first-order valence-electron chi connectivity index (χ1n) is 7.02. The number of allylic oxidation sites excluding steroid dienone is 2. The number of ketones is 1. The molecule has 0 radical (unpaired) electrons. The van der Waals surface area contributed by atoms with E-state index in [9.17, 15) is 9.59 Å². The highest BCUT2D eigenvalue weighted by atomic mass is 16.6. The highest BCUT2D eigenvalue weighted by molar-refractivity contribution is 5.89. The van der Waals surface area contributed by atoms with Crippen LogP contribution in [0.1, 0.15) is 27.2 Å². The molecule has 2 aliphatic rings. The van der Waals surface area contributed by atoms with Gasteiger partial charge in [-0.1, -0.05) is 11.6 Å². The molecule has 0 bridgehead atoms. The quantitative estimate of drug-likeness (QED) is 0.716. The maximum atomic E-state index is 12.0. The van der Waals surface area contributed by atoms with Gasteiger partial charge in [0.15, 0.2) is 0 Å². The molecule has 0 saturated heterocycles. The molecule has 2 unspecified atom stereocenters. The van der Waals surface area contributed by atoms with Crippen molar-refractivity contribution in [1.82, 2.24) is 4.90 Å². The molecule has 110 valence electrons. The van der Waals surface area contributed by atoms with Gasteiger partial charge in [-0.2, -0.15) is 0 Å². The number of ether oxygens (including phenoxy) is 2. The maximum Gasteiger partial charge on any atom is 0.356 e. The van der Waals surface area contributed by atoms with E-state index in [2.05, 4.69) is 0 Å². The summed E-state index contributed by atoms with van der Waals surface area (Å²) in [7, 11) is 0. The number of nitrogens with zero attached hydrogens (tertiary/aromatic N) is 1. The third kappa shape index (κ3) is 2.93. The van der Waals surface area contributed by atoms with E-state index in [1.54, 1.807) is 11.8 Å². The summed E-state index contributed by atoms with van der Waals surface area (Å²) < 4.78 is 10.5. The number of Topliss-reactive ketones (excluding diaryl/α,β-unsaturated/α-hetero) is 1. The van der Waals surface area contributed by atoms with Crippen LogP contribution in [0.15, 0.2) is 23.4 Å². The van der Waals surface area contributed by atoms with Gasteiger partial charge >= 0.3 is 5.97 Å². The van der Waals surface area contributed by atoms with Crippen LogP contribution in [0, 0.1) is 5.92 Å². The summed E-state index contributed by atoms with van der Waals surface area (Å²) in [5, 5.41) is 0. The Hall–Kier alpha value is -1.62. The normalized spacial score (nSPS) is 23.1. The van der Waals surface area contributed by atoms with Crippen LogP contribution in [0.5, 0.6) is 0 Å². The minimum absolute atomic E-state index is 0.143. The van der Waals surface area contributed by atoms with Gasteiger partial charge in [-0.15, -0.1) is 0 Å². The van der Waals surface area contributed by atoms with Crippen molar-refractivity contribution in [2.24, 2.45) is 5.92 Å². The number of hydrogen-bond donors (Lipinski definition) is 0. The van der Waals surface area contributed by atoms with Gasteiger partial charge in [-0.3, -0.25) is 4.79 Å². The van der Waals surface area contributed by atoms with E-state index in [4.69, 9.17) is 9.47 Å². The SMILES string of the molecule is CCOC(=O)C(OCC)N1C=C2C=C(C)CC(=O)C2C1. The van der Waals surface area contributed by atoms with Crippen molar-refractivity contribution in [2.45, 2.75) is 33.4 Å². The van der Waals surface area contributed by atoms with Gasteiger partial charge in [0.25, 0.3) is 0 Å². The number of carbonyl (C=O) groups is 2. The van der Waals surface area contributed by atoms with E-state index in [0.717, 1.165) is 11.1 Å². The molecule has 0 amide bonds. The highest BCUT2D eigenvalue weighted by Gasteiger charge is 2.37. The lowest BCUT2D eigenvalue weighted by Crippen LogP contribution is -2.41. The van der Waals surface area contributed by atoms with Gasteiger partial charge in [0, 0.05) is 25.8 Å². The number of rotatable bonds is 5. The molecule has 1 heterocycles. The molecule has 0 N–H and O–H groups in total. The van der Waals surface area contributed by atoms with Crippen LogP contribution in [0.3, 0.4) is 0 Å². The first kappa shape index (κ1) is 14.8. The van der Waals surface area contributed by atoms with Crippen LogP contribution in [-0.4, -0.2) is 42.6 Å². The predicted molar refractivity (Wildman–Crippen MR) is 73.7 cm³/mol.